The van der Waals surface area contributed by atoms with Gasteiger partial charge < -0.3 is 10.1 Å². The molecule has 178 valence electrons. The summed E-state index contributed by atoms with van der Waals surface area (Å²) in [6.07, 6.45) is 1.85. The number of amides is 1. The molecule has 5 nitrogen and oxygen atoms in total. The number of nitrogens with zero attached hydrogens (tertiary/aromatic N) is 1. The number of nitrogens with one attached hydrogen (secondary N) is 1. The standard InChI is InChI=1S/C30H23FN2O3/c1-2-36-30(35)21-13-15-25(16-14-21)33-29(34)24(19-32)18-27-22(17-23-8-4-6-10-28(23)31)12-11-20-7-3-5-9-26(20)27/h3-16,18H,2,17H2,1H3,(H,33,34)/b24-18+. The molecule has 36 heavy (non-hydrogen) atoms. The maximum Gasteiger partial charge on any atom is 0.338 e. The summed E-state index contributed by atoms with van der Waals surface area (Å²) in [4.78, 5) is 24.8. The lowest BCUT2D eigenvalue weighted by atomic mass is 9.93. The maximum absolute atomic E-state index is 14.4. The van der Waals surface area contributed by atoms with Crippen molar-refractivity contribution < 1.29 is 18.7 Å². The highest BCUT2D eigenvalue weighted by Gasteiger charge is 2.15. The molecule has 0 atom stereocenters. The van der Waals surface area contributed by atoms with Crippen molar-refractivity contribution in [3.8, 4) is 6.07 Å². The van der Waals surface area contributed by atoms with Crippen molar-refractivity contribution in [3.05, 3.63) is 119 Å². The third-order valence-corrected chi connectivity index (χ3v) is 5.71. The first kappa shape index (κ1) is 24.4. The first-order valence-corrected chi connectivity index (χ1v) is 11.4. The van der Waals surface area contributed by atoms with E-state index in [1.165, 1.54) is 6.07 Å². The van der Waals surface area contributed by atoms with Crippen LogP contribution >= 0.6 is 0 Å². The molecule has 0 bridgehead atoms. The van der Waals surface area contributed by atoms with E-state index in [9.17, 15) is 19.2 Å². The average molecular weight is 479 g/mol. The van der Waals surface area contributed by atoms with Crippen LogP contribution in [0.5, 0.6) is 0 Å². The van der Waals surface area contributed by atoms with Crippen molar-refractivity contribution in [2.24, 2.45) is 0 Å². The molecular formula is C30H23FN2O3. The molecule has 0 aromatic heterocycles. The van der Waals surface area contributed by atoms with Crippen molar-refractivity contribution in [3.63, 3.8) is 0 Å². The second kappa shape index (κ2) is 11.1. The van der Waals surface area contributed by atoms with Crippen LogP contribution in [0.15, 0.2) is 90.5 Å². The Morgan fingerprint density at radius 3 is 2.39 bits per heavy atom. The topological polar surface area (TPSA) is 79.2 Å². The van der Waals surface area contributed by atoms with Gasteiger partial charge in [-0.3, -0.25) is 4.79 Å². The lowest BCUT2D eigenvalue weighted by Crippen LogP contribution is -2.14. The molecule has 0 saturated carbocycles. The molecule has 4 aromatic carbocycles. The molecular weight excluding hydrogens is 455 g/mol. The number of rotatable bonds is 7. The van der Waals surface area contributed by atoms with Gasteiger partial charge in [-0.1, -0.05) is 54.6 Å². The third kappa shape index (κ3) is 5.48. The molecule has 0 fully saturated rings. The van der Waals surface area contributed by atoms with E-state index >= 15 is 0 Å². The van der Waals surface area contributed by atoms with Gasteiger partial charge in [-0.25, -0.2) is 9.18 Å². The zero-order valence-electron chi connectivity index (χ0n) is 19.6. The number of fused-ring (bicyclic) bond motifs is 1. The van der Waals surface area contributed by atoms with E-state index in [2.05, 4.69) is 5.32 Å². The van der Waals surface area contributed by atoms with Gasteiger partial charge in [0.2, 0.25) is 0 Å². The van der Waals surface area contributed by atoms with Gasteiger partial charge in [0.05, 0.1) is 12.2 Å². The van der Waals surface area contributed by atoms with Crippen LogP contribution in [0.3, 0.4) is 0 Å². The SMILES string of the molecule is CCOC(=O)c1ccc(NC(=O)/C(C#N)=C/c2c(Cc3ccccc3F)ccc3ccccc23)cc1. The molecule has 0 aliphatic carbocycles. The highest BCUT2D eigenvalue weighted by molar-refractivity contribution is 6.11. The van der Waals surface area contributed by atoms with E-state index in [1.54, 1.807) is 55.5 Å². The molecule has 0 aliphatic heterocycles. The van der Waals surface area contributed by atoms with E-state index in [1.807, 2.05) is 42.5 Å². The Bertz CT molecular complexity index is 1500. The zero-order valence-corrected chi connectivity index (χ0v) is 19.6. The fraction of sp³-hybridized carbons (Fsp3) is 0.100. The Morgan fingerprint density at radius 1 is 0.944 bits per heavy atom. The third-order valence-electron chi connectivity index (χ3n) is 5.71. The number of anilines is 1. The van der Waals surface area contributed by atoms with Crippen molar-refractivity contribution >= 4 is 34.4 Å². The summed E-state index contributed by atoms with van der Waals surface area (Å²) < 4.78 is 19.3. The summed E-state index contributed by atoms with van der Waals surface area (Å²) in [6.45, 7) is 1.99. The maximum atomic E-state index is 14.4. The molecule has 4 aromatic rings. The fourth-order valence-corrected chi connectivity index (χ4v) is 3.91. The second-order valence-electron chi connectivity index (χ2n) is 8.05. The number of carbonyl (C=O) groups is 2. The summed E-state index contributed by atoms with van der Waals surface area (Å²) in [5.74, 6) is -1.36. The average Bonchev–Trinajstić information content (AvgIpc) is 2.89. The van der Waals surface area contributed by atoms with Crippen molar-refractivity contribution in [1.82, 2.24) is 0 Å². The number of hydrogen-bond donors (Lipinski definition) is 1. The lowest BCUT2D eigenvalue weighted by Gasteiger charge is -2.12. The van der Waals surface area contributed by atoms with Gasteiger partial charge in [0.1, 0.15) is 17.5 Å². The Hall–Kier alpha value is -4.76. The van der Waals surface area contributed by atoms with Crippen LogP contribution in [-0.2, 0) is 16.0 Å². The number of esters is 1. The number of benzene rings is 4. The van der Waals surface area contributed by atoms with Crippen LogP contribution in [0.1, 0.15) is 34.0 Å². The molecule has 0 aliphatic rings. The van der Waals surface area contributed by atoms with Gasteiger partial charge in [-0.05, 0) is 70.8 Å². The minimum Gasteiger partial charge on any atom is -0.462 e. The van der Waals surface area contributed by atoms with Crippen LogP contribution in [0.4, 0.5) is 10.1 Å². The predicted octanol–water partition coefficient (Wildman–Crippen LogP) is 6.29. The monoisotopic (exact) mass is 478 g/mol. The Labute approximate surface area is 208 Å². The van der Waals surface area contributed by atoms with Crippen molar-refractivity contribution in [1.29, 1.82) is 5.26 Å². The summed E-state index contributed by atoms with van der Waals surface area (Å²) in [5.41, 5.74) is 2.68. The van der Waals surface area contributed by atoms with Crippen molar-refractivity contribution in [2.45, 2.75) is 13.3 Å². The number of hydrogen-bond acceptors (Lipinski definition) is 4. The van der Waals surface area contributed by atoms with Crippen LogP contribution in [0, 0.1) is 17.1 Å². The number of nitriles is 1. The van der Waals surface area contributed by atoms with E-state index in [0.29, 0.717) is 28.8 Å². The minimum absolute atomic E-state index is 0.101. The van der Waals surface area contributed by atoms with Gasteiger partial charge in [0, 0.05) is 12.1 Å². The van der Waals surface area contributed by atoms with E-state index in [4.69, 9.17) is 4.74 Å². The highest BCUT2D eigenvalue weighted by Crippen LogP contribution is 2.28. The minimum atomic E-state index is -0.592. The molecule has 4 rings (SSSR count). The largest absolute Gasteiger partial charge is 0.462 e. The molecule has 0 radical (unpaired) electrons. The van der Waals surface area contributed by atoms with Crippen LogP contribution in [0.2, 0.25) is 0 Å². The fourth-order valence-electron chi connectivity index (χ4n) is 3.91. The molecule has 0 spiro atoms. The van der Waals surface area contributed by atoms with Gasteiger partial charge in [-0.2, -0.15) is 5.26 Å². The second-order valence-corrected chi connectivity index (χ2v) is 8.05. The van der Waals surface area contributed by atoms with Gasteiger partial charge in [0.15, 0.2) is 0 Å². The molecule has 0 saturated heterocycles. The Balaban J connectivity index is 1.68. The van der Waals surface area contributed by atoms with E-state index in [0.717, 1.165) is 16.3 Å². The predicted molar refractivity (Wildman–Crippen MR) is 138 cm³/mol. The van der Waals surface area contributed by atoms with E-state index < -0.39 is 11.9 Å². The van der Waals surface area contributed by atoms with Gasteiger partial charge >= 0.3 is 5.97 Å². The van der Waals surface area contributed by atoms with Crippen LogP contribution in [-0.4, -0.2) is 18.5 Å². The smallest absolute Gasteiger partial charge is 0.338 e. The molecule has 6 heteroatoms. The van der Waals surface area contributed by atoms with Crippen LogP contribution in [0.25, 0.3) is 16.8 Å². The number of carbonyl (C=O) groups excluding carboxylic acids is 2. The van der Waals surface area contributed by atoms with Crippen LogP contribution < -0.4 is 5.32 Å². The quantitative estimate of drug-likeness (QED) is 0.192. The molecule has 1 amide bonds. The summed E-state index contributed by atoms with van der Waals surface area (Å²) in [6, 6.07) is 26.2. The van der Waals surface area contributed by atoms with Gasteiger partial charge in [0.25, 0.3) is 5.91 Å². The Kier molecular flexibility index (Phi) is 7.52. The molecule has 0 unspecified atom stereocenters. The number of ether oxygens (including phenoxy) is 1. The lowest BCUT2D eigenvalue weighted by molar-refractivity contribution is -0.112. The van der Waals surface area contributed by atoms with Gasteiger partial charge in [-0.15, -0.1) is 0 Å². The highest BCUT2D eigenvalue weighted by atomic mass is 19.1. The summed E-state index contributed by atoms with van der Waals surface area (Å²) >= 11 is 0. The normalized spacial score (nSPS) is 11.1. The first-order valence-electron chi connectivity index (χ1n) is 11.4. The molecule has 0 heterocycles. The summed E-state index contributed by atoms with van der Waals surface area (Å²) in [5, 5.41) is 14.3. The van der Waals surface area contributed by atoms with Crippen molar-refractivity contribution in [2.75, 3.05) is 11.9 Å². The zero-order chi connectivity index (χ0) is 25.5. The van der Waals surface area contributed by atoms with E-state index in [-0.39, 0.29) is 18.0 Å². The number of halogens is 1. The first-order chi connectivity index (χ1) is 17.5. The molecule has 1 N–H and O–H groups in total. The summed E-state index contributed by atoms with van der Waals surface area (Å²) in [7, 11) is 0. The Morgan fingerprint density at radius 2 is 1.67 bits per heavy atom.